The average molecular weight is 255 g/mol. The molecular formula is C14H17N5. The molecule has 0 saturated heterocycles. The van der Waals surface area contributed by atoms with Gasteiger partial charge in [0.2, 0.25) is 5.95 Å². The van der Waals surface area contributed by atoms with E-state index in [1.165, 1.54) is 12.8 Å². The number of rotatable bonds is 4. The molecule has 5 heteroatoms. The van der Waals surface area contributed by atoms with Gasteiger partial charge in [-0.1, -0.05) is 0 Å². The molecule has 0 atom stereocenters. The van der Waals surface area contributed by atoms with E-state index in [1.54, 1.807) is 0 Å². The molecule has 2 aromatic rings. The maximum atomic E-state index is 5.66. The molecule has 3 rings (SSSR count). The van der Waals surface area contributed by atoms with Gasteiger partial charge >= 0.3 is 0 Å². The van der Waals surface area contributed by atoms with Gasteiger partial charge in [-0.2, -0.15) is 4.98 Å². The summed E-state index contributed by atoms with van der Waals surface area (Å²) >= 11 is 0. The molecule has 1 aliphatic rings. The van der Waals surface area contributed by atoms with Gasteiger partial charge in [-0.3, -0.25) is 0 Å². The summed E-state index contributed by atoms with van der Waals surface area (Å²) < 4.78 is 0. The minimum absolute atomic E-state index is 0.581. The Hall–Kier alpha value is -2.30. The fourth-order valence-electron chi connectivity index (χ4n) is 1.76. The van der Waals surface area contributed by atoms with Crippen molar-refractivity contribution >= 4 is 23.1 Å². The summed E-state index contributed by atoms with van der Waals surface area (Å²) in [6.45, 7) is 2.01. The summed E-state index contributed by atoms with van der Waals surface area (Å²) in [6.07, 6.45) is 4.28. The SMILES string of the molecule is Cc1cnc(Nc2ccc(N)cc2)nc1NC1CC1. The van der Waals surface area contributed by atoms with Crippen LogP contribution >= 0.6 is 0 Å². The van der Waals surface area contributed by atoms with Crippen molar-refractivity contribution in [3.05, 3.63) is 36.0 Å². The van der Waals surface area contributed by atoms with E-state index < -0.39 is 0 Å². The zero-order valence-electron chi connectivity index (χ0n) is 10.9. The molecule has 0 spiro atoms. The Kier molecular flexibility index (Phi) is 2.95. The number of aryl methyl sites for hydroxylation is 1. The monoisotopic (exact) mass is 255 g/mol. The zero-order valence-corrected chi connectivity index (χ0v) is 10.9. The van der Waals surface area contributed by atoms with Crippen LogP contribution in [0.2, 0.25) is 0 Å². The molecule has 1 heterocycles. The highest BCUT2D eigenvalue weighted by molar-refractivity contribution is 5.59. The first-order chi connectivity index (χ1) is 9.20. The topological polar surface area (TPSA) is 75.9 Å². The Balaban J connectivity index is 1.78. The van der Waals surface area contributed by atoms with E-state index in [4.69, 9.17) is 5.73 Å². The molecule has 1 aliphatic carbocycles. The van der Waals surface area contributed by atoms with Crippen LogP contribution in [0.5, 0.6) is 0 Å². The van der Waals surface area contributed by atoms with Crippen LogP contribution in [-0.4, -0.2) is 16.0 Å². The number of benzene rings is 1. The quantitative estimate of drug-likeness (QED) is 0.732. The van der Waals surface area contributed by atoms with Crippen molar-refractivity contribution in [1.82, 2.24) is 9.97 Å². The molecule has 0 aliphatic heterocycles. The summed E-state index contributed by atoms with van der Waals surface area (Å²) in [5, 5.41) is 6.58. The van der Waals surface area contributed by atoms with Crippen LogP contribution in [0.4, 0.5) is 23.1 Å². The largest absolute Gasteiger partial charge is 0.399 e. The molecule has 1 aromatic heterocycles. The number of nitrogen functional groups attached to an aromatic ring is 1. The standard InChI is InChI=1S/C14H17N5/c1-9-8-16-14(19-13(9)17-11-6-7-11)18-12-4-2-10(15)3-5-12/h2-5,8,11H,6-7,15H2,1H3,(H2,16,17,18,19). The van der Waals surface area contributed by atoms with Gasteiger partial charge in [0, 0.05) is 29.2 Å². The lowest BCUT2D eigenvalue weighted by Gasteiger charge is -2.10. The minimum Gasteiger partial charge on any atom is -0.399 e. The van der Waals surface area contributed by atoms with E-state index in [2.05, 4.69) is 20.6 Å². The van der Waals surface area contributed by atoms with Crippen molar-refractivity contribution < 1.29 is 0 Å². The maximum absolute atomic E-state index is 5.66. The van der Waals surface area contributed by atoms with Crippen molar-refractivity contribution in [2.45, 2.75) is 25.8 Å². The number of anilines is 4. The third-order valence-corrected chi connectivity index (χ3v) is 3.06. The second-order valence-corrected chi connectivity index (χ2v) is 4.89. The second-order valence-electron chi connectivity index (χ2n) is 4.89. The fraction of sp³-hybridized carbons (Fsp3) is 0.286. The number of hydrogen-bond acceptors (Lipinski definition) is 5. The Morgan fingerprint density at radius 2 is 1.95 bits per heavy atom. The second kappa shape index (κ2) is 4.76. The average Bonchev–Trinajstić information content (AvgIpc) is 3.20. The highest BCUT2D eigenvalue weighted by atomic mass is 15.2. The first kappa shape index (κ1) is 11.8. The van der Waals surface area contributed by atoms with Crippen LogP contribution in [0.1, 0.15) is 18.4 Å². The van der Waals surface area contributed by atoms with Gasteiger partial charge in [0.15, 0.2) is 0 Å². The van der Waals surface area contributed by atoms with Gasteiger partial charge in [0.05, 0.1) is 0 Å². The highest BCUT2D eigenvalue weighted by Gasteiger charge is 2.22. The summed E-state index contributed by atoms with van der Waals surface area (Å²) in [6, 6.07) is 8.09. The number of nitrogens with one attached hydrogen (secondary N) is 2. The van der Waals surface area contributed by atoms with E-state index in [9.17, 15) is 0 Å². The molecule has 5 nitrogen and oxygen atoms in total. The third kappa shape index (κ3) is 2.93. The van der Waals surface area contributed by atoms with E-state index in [-0.39, 0.29) is 0 Å². The lowest BCUT2D eigenvalue weighted by molar-refractivity contribution is 1.06. The zero-order chi connectivity index (χ0) is 13.2. The predicted octanol–water partition coefficient (Wildman–Crippen LogP) is 2.69. The van der Waals surface area contributed by atoms with Gasteiger partial charge in [-0.15, -0.1) is 0 Å². The van der Waals surface area contributed by atoms with Crippen molar-refractivity contribution in [3.8, 4) is 0 Å². The Morgan fingerprint density at radius 3 is 2.63 bits per heavy atom. The molecular weight excluding hydrogens is 238 g/mol. The van der Waals surface area contributed by atoms with Crippen LogP contribution in [0.15, 0.2) is 30.5 Å². The van der Waals surface area contributed by atoms with Crippen LogP contribution in [0.3, 0.4) is 0 Å². The first-order valence-corrected chi connectivity index (χ1v) is 6.43. The molecule has 4 N–H and O–H groups in total. The molecule has 0 radical (unpaired) electrons. The van der Waals surface area contributed by atoms with E-state index >= 15 is 0 Å². The normalized spacial score (nSPS) is 14.2. The highest BCUT2D eigenvalue weighted by Crippen LogP contribution is 2.26. The van der Waals surface area contributed by atoms with Gasteiger partial charge in [-0.05, 0) is 44.0 Å². The molecule has 1 fully saturated rings. The molecule has 19 heavy (non-hydrogen) atoms. The maximum Gasteiger partial charge on any atom is 0.229 e. The van der Waals surface area contributed by atoms with E-state index in [0.717, 1.165) is 22.8 Å². The third-order valence-electron chi connectivity index (χ3n) is 3.06. The van der Waals surface area contributed by atoms with Gasteiger partial charge in [-0.25, -0.2) is 4.98 Å². The number of aromatic nitrogens is 2. The molecule has 1 saturated carbocycles. The number of hydrogen-bond donors (Lipinski definition) is 3. The Bertz CT molecular complexity index is 575. The van der Waals surface area contributed by atoms with Gasteiger partial charge in [0.25, 0.3) is 0 Å². The van der Waals surface area contributed by atoms with Crippen LogP contribution in [-0.2, 0) is 0 Å². The lowest BCUT2D eigenvalue weighted by atomic mass is 10.3. The van der Waals surface area contributed by atoms with E-state index in [0.29, 0.717) is 12.0 Å². The fourth-order valence-corrected chi connectivity index (χ4v) is 1.76. The predicted molar refractivity (Wildman–Crippen MR) is 77.6 cm³/mol. The number of nitrogens with two attached hydrogens (primary N) is 1. The Morgan fingerprint density at radius 1 is 1.21 bits per heavy atom. The lowest BCUT2D eigenvalue weighted by Crippen LogP contribution is -2.07. The summed E-state index contributed by atoms with van der Waals surface area (Å²) in [4.78, 5) is 8.80. The molecule has 0 bridgehead atoms. The van der Waals surface area contributed by atoms with Gasteiger partial charge < -0.3 is 16.4 Å². The smallest absolute Gasteiger partial charge is 0.229 e. The van der Waals surface area contributed by atoms with Crippen molar-refractivity contribution in [3.63, 3.8) is 0 Å². The molecule has 0 amide bonds. The molecule has 98 valence electrons. The summed E-state index contributed by atoms with van der Waals surface area (Å²) in [5.41, 5.74) is 8.39. The van der Waals surface area contributed by atoms with Gasteiger partial charge in [0.1, 0.15) is 5.82 Å². The van der Waals surface area contributed by atoms with E-state index in [1.807, 2.05) is 37.4 Å². The first-order valence-electron chi connectivity index (χ1n) is 6.43. The van der Waals surface area contributed by atoms with Crippen LogP contribution in [0.25, 0.3) is 0 Å². The van der Waals surface area contributed by atoms with Crippen LogP contribution in [0, 0.1) is 6.92 Å². The van der Waals surface area contributed by atoms with Crippen molar-refractivity contribution in [2.75, 3.05) is 16.4 Å². The molecule has 0 unspecified atom stereocenters. The molecule has 1 aromatic carbocycles. The Labute approximate surface area is 112 Å². The van der Waals surface area contributed by atoms with Crippen molar-refractivity contribution in [2.24, 2.45) is 0 Å². The van der Waals surface area contributed by atoms with Crippen LogP contribution < -0.4 is 16.4 Å². The number of nitrogens with zero attached hydrogens (tertiary/aromatic N) is 2. The van der Waals surface area contributed by atoms with Crippen molar-refractivity contribution in [1.29, 1.82) is 0 Å². The summed E-state index contributed by atoms with van der Waals surface area (Å²) in [5.74, 6) is 1.51. The summed E-state index contributed by atoms with van der Waals surface area (Å²) in [7, 11) is 0. The minimum atomic E-state index is 0.581.